The molecule has 1 aromatic heterocycles. The van der Waals surface area contributed by atoms with Crippen molar-refractivity contribution < 1.29 is 4.79 Å². The van der Waals surface area contributed by atoms with Crippen molar-refractivity contribution in [1.29, 1.82) is 0 Å². The van der Waals surface area contributed by atoms with Gasteiger partial charge in [0, 0.05) is 43.1 Å². The van der Waals surface area contributed by atoms with Crippen molar-refractivity contribution in [3.63, 3.8) is 0 Å². The Hall–Kier alpha value is -1.91. The lowest BCUT2D eigenvalue weighted by Gasteiger charge is -2.32. The van der Waals surface area contributed by atoms with Crippen molar-refractivity contribution in [1.82, 2.24) is 15.2 Å². The number of nitrogens with zero attached hydrogens (tertiary/aromatic N) is 2. The first kappa shape index (κ1) is 16.9. The van der Waals surface area contributed by atoms with Crippen molar-refractivity contribution in [2.75, 3.05) is 13.1 Å². The number of halogens is 1. The zero-order valence-electron chi connectivity index (χ0n) is 13.6. The predicted molar refractivity (Wildman–Crippen MR) is 95.8 cm³/mol. The molecule has 1 saturated heterocycles. The molecule has 0 aliphatic carbocycles. The molecule has 0 atom stereocenters. The molecular weight excluding hydrogens is 322 g/mol. The van der Waals surface area contributed by atoms with Gasteiger partial charge in [-0.1, -0.05) is 29.8 Å². The Morgan fingerprint density at radius 3 is 2.71 bits per heavy atom. The number of pyridine rings is 1. The topological polar surface area (TPSA) is 45.2 Å². The first-order valence-electron chi connectivity index (χ1n) is 8.34. The molecule has 1 N–H and O–H groups in total. The van der Waals surface area contributed by atoms with E-state index in [0.717, 1.165) is 38.0 Å². The molecule has 1 aliphatic rings. The van der Waals surface area contributed by atoms with Gasteiger partial charge in [0.1, 0.15) is 0 Å². The van der Waals surface area contributed by atoms with Crippen LogP contribution in [0.15, 0.2) is 48.8 Å². The summed E-state index contributed by atoms with van der Waals surface area (Å²) in [5.74, 6) is 0.0722. The molecule has 126 valence electrons. The van der Waals surface area contributed by atoms with Gasteiger partial charge in [-0.25, -0.2) is 0 Å². The third kappa shape index (κ3) is 5.05. The third-order valence-corrected chi connectivity index (χ3v) is 4.57. The Labute approximate surface area is 147 Å². The van der Waals surface area contributed by atoms with Gasteiger partial charge in [0.2, 0.25) is 5.91 Å². The molecule has 1 amide bonds. The number of nitrogens with one attached hydrogen (secondary N) is 1. The third-order valence-electron chi connectivity index (χ3n) is 4.34. The van der Waals surface area contributed by atoms with Crippen molar-refractivity contribution in [2.45, 2.75) is 31.8 Å². The van der Waals surface area contributed by atoms with Gasteiger partial charge < -0.3 is 5.32 Å². The van der Waals surface area contributed by atoms with Crippen LogP contribution < -0.4 is 5.32 Å². The lowest BCUT2D eigenvalue weighted by Crippen LogP contribution is -2.44. The van der Waals surface area contributed by atoms with Crippen LogP contribution in [0.25, 0.3) is 0 Å². The molecule has 0 unspecified atom stereocenters. The maximum absolute atomic E-state index is 12.2. The zero-order valence-corrected chi connectivity index (χ0v) is 14.4. The fourth-order valence-electron chi connectivity index (χ4n) is 3.10. The van der Waals surface area contributed by atoms with Gasteiger partial charge in [-0.3, -0.25) is 14.7 Å². The molecule has 4 nitrogen and oxygen atoms in total. The molecule has 0 bridgehead atoms. The Kier molecular flexibility index (Phi) is 5.83. The normalized spacial score (nSPS) is 16.0. The Morgan fingerprint density at radius 2 is 2.00 bits per heavy atom. The number of benzene rings is 1. The van der Waals surface area contributed by atoms with Crippen LogP contribution in [0.1, 0.15) is 24.0 Å². The number of hydrogen-bond acceptors (Lipinski definition) is 3. The second-order valence-corrected chi connectivity index (χ2v) is 6.72. The van der Waals surface area contributed by atoms with Crippen molar-refractivity contribution in [3.8, 4) is 0 Å². The summed E-state index contributed by atoms with van der Waals surface area (Å²) in [6.45, 7) is 2.92. The SMILES string of the molecule is O=C(Cc1cccc(Cl)c1)NC1CCN(Cc2cccnc2)CC1. The van der Waals surface area contributed by atoms with Crippen LogP contribution in [0, 0.1) is 0 Å². The molecular formula is C19H22ClN3O. The van der Waals surface area contributed by atoms with E-state index in [1.54, 1.807) is 6.20 Å². The number of likely N-dealkylation sites (tertiary alicyclic amines) is 1. The number of aromatic nitrogens is 1. The summed E-state index contributed by atoms with van der Waals surface area (Å²) in [4.78, 5) is 18.8. The molecule has 24 heavy (non-hydrogen) atoms. The summed E-state index contributed by atoms with van der Waals surface area (Å²) in [5, 5.41) is 3.82. The number of carbonyl (C=O) groups excluding carboxylic acids is 1. The van der Waals surface area contributed by atoms with Gasteiger partial charge in [0.15, 0.2) is 0 Å². The van der Waals surface area contributed by atoms with Gasteiger partial charge in [0.05, 0.1) is 6.42 Å². The molecule has 1 aromatic carbocycles. The fourth-order valence-corrected chi connectivity index (χ4v) is 3.31. The van der Waals surface area contributed by atoms with Crippen molar-refractivity contribution in [3.05, 3.63) is 64.9 Å². The van der Waals surface area contributed by atoms with Gasteiger partial charge >= 0.3 is 0 Å². The van der Waals surface area contributed by atoms with Gasteiger partial charge in [0.25, 0.3) is 0 Å². The van der Waals surface area contributed by atoms with E-state index in [1.165, 1.54) is 5.56 Å². The standard InChI is InChI=1S/C19H22ClN3O/c20-17-5-1-3-15(11-17)12-19(24)22-18-6-9-23(10-7-18)14-16-4-2-8-21-13-16/h1-5,8,11,13,18H,6-7,9-10,12,14H2,(H,22,24). The van der Waals surface area contributed by atoms with Gasteiger partial charge in [-0.15, -0.1) is 0 Å². The summed E-state index contributed by atoms with van der Waals surface area (Å²) < 4.78 is 0. The molecule has 0 spiro atoms. The molecule has 2 heterocycles. The Bertz CT molecular complexity index is 669. The molecule has 2 aromatic rings. The minimum Gasteiger partial charge on any atom is -0.353 e. The lowest BCUT2D eigenvalue weighted by atomic mass is 10.0. The maximum Gasteiger partial charge on any atom is 0.224 e. The Balaban J connectivity index is 1.42. The summed E-state index contributed by atoms with van der Waals surface area (Å²) in [5.41, 5.74) is 2.19. The molecule has 3 rings (SSSR count). The second kappa shape index (κ2) is 8.27. The highest BCUT2D eigenvalue weighted by molar-refractivity contribution is 6.30. The van der Waals surface area contributed by atoms with E-state index in [0.29, 0.717) is 11.4 Å². The van der Waals surface area contributed by atoms with Crippen LogP contribution in [0.3, 0.4) is 0 Å². The zero-order chi connectivity index (χ0) is 16.8. The fraction of sp³-hybridized carbons (Fsp3) is 0.368. The van der Waals surface area contributed by atoms with Crippen LogP contribution in [-0.4, -0.2) is 34.9 Å². The van der Waals surface area contributed by atoms with Gasteiger partial charge in [-0.05, 0) is 42.2 Å². The number of hydrogen-bond donors (Lipinski definition) is 1. The predicted octanol–water partition coefficient (Wildman–Crippen LogP) is 3.06. The van der Waals surface area contributed by atoms with Crippen LogP contribution in [0.4, 0.5) is 0 Å². The van der Waals surface area contributed by atoms with E-state index < -0.39 is 0 Å². The smallest absolute Gasteiger partial charge is 0.224 e. The van der Waals surface area contributed by atoms with Crippen molar-refractivity contribution in [2.24, 2.45) is 0 Å². The monoisotopic (exact) mass is 343 g/mol. The second-order valence-electron chi connectivity index (χ2n) is 6.29. The van der Waals surface area contributed by atoms with Crippen LogP contribution in [-0.2, 0) is 17.8 Å². The minimum atomic E-state index is 0.0722. The average molecular weight is 344 g/mol. The molecule has 0 saturated carbocycles. The first-order valence-corrected chi connectivity index (χ1v) is 8.72. The Morgan fingerprint density at radius 1 is 1.21 bits per heavy atom. The van der Waals surface area contributed by atoms with E-state index >= 15 is 0 Å². The minimum absolute atomic E-state index is 0.0722. The highest BCUT2D eigenvalue weighted by Crippen LogP contribution is 2.14. The number of rotatable bonds is 5. The number of piperidine rings is 1. The molecule has 0 radical (unpaired) electrons. The summed E-state index contributed by atoms with van der Waals surface area (Å²) in [6, 6.07) is 11.8. The van der Waals surface area contributed by atoms with E-state index in [2.05, 4.69) is 21.3 Å². The lowest BCUT2D eigenvalue weighted by molar-refractivity contribution is -0.121. The van der Waals surface area contributed by atoms with E-state index in [9.17, 15) is 4.79 Å². The summed E-state index contributed by atoms with van der Waals surface area (Å²) >= 11 is 5.96. The van der Waals surface area contributed by atoms with Crippen LogP contribution >= 0.6 is 11.6 Å². The van der Waals surface area contributed by atoms with E-state index in [1.807, 2.05) is 36.5 Å². The quantitative estimate of drug-likeness (QED) is 0.907. The first-order chi connectivity index (χ1) is 11.7. The molecule has 5 heteroatoms. The highest BCUT2D eigenvalue weighted by atomic mass is 35.5. The van der Waals surface area contributed by atoms with E-state index in [-0.39, 0.29) is 11.9 Å². The largest absolute Gasteiger partial charge is 0.353 e. The molecule has 1 fully saturated rings. The molecule has 1 aliphatic heterocycles. The summed E-state index contributed by atoms with van der Waals surface area (Å²) in [6.07, 6.45) is 6.07. The van der Waals surface area contributed by atoms with Crippen molar-refractivity contribution >= 4 is 17.5 Å². The van der Waals surface area contributed by atoms with Crippen LogP contribution in [0.2, 0.25) is 5.02 Å². The van der Waals surface area contributed by atoms with Gasteiger partial charge in [-0.2, -0.15) is 0 Å². The average Bonchev–Trinajstić information content (AvgIpc) is 2.57. The summed E-state index contributed by atoms with van der Waals surface area (Å²) in [7, 11) is 0. The number of amides is 1. The van der Waals surface area contributed by atoms with Crippen LogP contribution in [0.5, 0.6) is 0 Å². The highest BCUT2D eigenvalue weighted by Gasteiger charge is 2.20. The number of carbonyl (C=O) groups is 1. The maximum atomic E-state index is 12.2. The van der Waals surface area contributed by atoms with E-state index in [4.69, 9.17) is 11.6 Å².